The van der Waals surface area contributed by atoms with Crippen molar-refractivity contribution in [3.63, 3.8) is 0 Å². The smallest absolute Gasteiger partial charge is 0.262 e. The summed E-state index contributed by atoms with van der Waals surface area (Å²) in [6.07, 6.45) is 4.46. The lowest BCUT2D eigenvalue weighted by Gasteiger charge is -2.20. The fourth-order valence-electron chi connectivity index (χ4n) is 3.58. The maximum Gasteiger partial charge on any atom is 0.262 e. The maximum atomic E-state index is 12.8. The maximum absolute atomic E-state index is 12.8. The lowest BCUT2D eigenvalue weighted by atomic mass is 9.87. The number of amides is 2. The minimum atomic E-state index is -0.255. The summed E-state index contributed by atoms with van der Waals surface area (Å²) in [6, 6.07) is 14.9. The Kier molecular flexibility index (Phi) is 7.14. The minimum Gasteiger partial charge on any atom is -0.484 e. The topological polar surface area (TPSA) is 58.6 Å². The van der Waals surface area contributed by atoms with Gasteiger partial charge in [0.2, 0.25) is 0 Å². The highest BCUT2D eigenvalue weighted by Crippen LogP contribution is 2.24. The molecule has 1 aliphatic rings. The van der Waals surface area contributed by atoms with Gasteiger partial charge in [-0.15, -0.1) is 0 Å². The first-order valence-corrected chi connectivity index (χ1v) is 10.8. The van der Waals surface area contributed by atoms with Gasteiger partial charge in [0, 0.05) is 24.3 Å². The molecule has 5 heteroatoms. The molecule has 1 fully saturated rings. The molecule has 0 aromatic heterocycles. The molecular formula is C25H32N2O3. The zero-order valence-electron chi connectivity index (χ0n) is 18.2. The Hall–Kier alpha value is -2.82. The third-order valence-corrected chi connectivity index (χ3v) is 5.38. The first-order chi connectivity index (χ1) is 14.3. The summed E-state index contributed by atoms with van der Waals surface area (Å²) in [6.45, 7) is 7.99. The van der Waals surface area contributed by atoms with Crippen molar-refractivity contribution in [2.45, 2.75) is 51.9 Å². The predicted octanol–water partition coefficient (Wildman–Crippen LogP) is 5.02. The molecule has 0 aliphatic carbocycles. The van der Waals surface area contributed by atoms with E-state index in [2.05, 4.69) is 26.1 Å². The van der Waals surface area contributed by atoms with Gasteiger partial charge in [-0.05, 0) is 54.2 Å². The molecule has 2 aromatic rings. The van der Waals surface area contributed by atoms with E-state index in [0.29, 0.717) is 17.0 Å². The Morgan fingerprint density at radius 2 is 1.63 bits per heavy atom. The molecule has 1 aliphatic heterocycles. The first-order valence-electron chi connectivity index (χ1n) is 10.8. The summed E-state index contributed by atoms with van der Waals surface area (Å²) in [7, 11) is 0. The number of nitrogens with zero attached hydrogens (tertiary/aromatic N) is 1. The number of hydrogen-bond donors (Lipinski definition) is 1. The van der Waals surface area contributed by atoms with Crippen LogP contribution >= 0.6 is 0 Å². The van der Waals surface area contributed by atoms with E-state index >= 15 is 0 Å². The van der Waals surface area contributed by atoms with E-state index in [1.807, 2.05) is 29.2 Å². The van der Waals surface area contributed by atoms with Gasteiger partial charge in [0.25, 0.3) is 11.8 Å². The number of hydrogen-bond acceptors (Lipinski definition) is 3. The molecule has 5 nitrogen and oxygen atoms in total. The number of ether oxygens (including phenoxy) is 1. The Morgan fingerprint density at radius 1 is 0.967 bits per heavy atom. The van der Waals surface area contributed by atoms with E-state index < -0.39 is 0 Å². The van der Waals surface area contributed by atoms with Crippen molar-refractivity contribution in [2.75, 3.05) is 25.0 Å². The standard InChI is InChI=1S/C25H32N2O3/c1-25(2,3)20-11-13-22(14-12-20)30-18-23(28)26-21-10-8-9-19(17-21)24(29)27-15-6-4-5-7-16-27/h8-14,17H,4-7,15-16,18H2,1-3H3,(H,26,28). The zero-order valence-corrected chi connectivity index (χ0v) is 18.2. The van der Waals surface area contributed by atoms with Crippen LogP contribution in [0.3, 0.4) is 0 Å². The van der Waals surface area contributed by atoms with Gasteiger partial charge in [-0.2, -0.15) is 0 Å². The van der Waals surface area contributed by atoms with E-state index in [0.717, 1.165) is 25.9 Å². The number of rotatable bonds is 5. The summed E-state index contributed by atoms with van der Waals surface area (Å²) in [5, 5.41) is 2.82. The molecule has 1 saturated heterocycles. The van der Waals surface area contributed by atoms with Gasteiger partial charge in [0.1, 0.15) is 5.75 Å². The highest BCUT2D eigenvalue weighted by atomic mass is 16.5. The van der Waals surface area contributed by atoms with Crippen LogP contribution in [-0.4, -0.2) is 36.4 Å². The average molecular weight is 409 g/mol. The van der Waals surface area contributed by atoms with Gasteiger partial charge >= 0.3 is 0 Å². The van der Waals surface area contributed by atoms with Crippen LogP contribution < -0.4 is 10.1 Å². The van der Waals surface area contributed by atoms with Gasteiger partial charge < -0.3 is 15.0 Å². The molecule has 1 N–H and O–H groups in total. The van der Waals surface area contributed by atoms with E-state index in [-0.39, 0.29) is 23.8 Å². The molecule has 0 bridgehead atoms. The summed E-state index contributed by atoms with van der Waals surface area (Å²) < 4.78 is 5.61. The largest absolute Gasteiger partial charge is 0.484 e. The third-order valence-electron chi connectivity index (χ3n) is 5.38. The van der Waals surface area contributed by atoms with Crippen LogP contribution in [0.4, 0.5) is 5.69 Å². The van der Waals surface area contributed by atoms with Crippen LogP contribution in [0.15, 0.2) is 48.5 Å². The lowest BCUT2D eigenvalue weighted by molar-refractivity contribution is -0.118. The van der Waals surface area contributed by atoms with Crippen LogP contribution in [0.25, 0.3) is 0 Å². The van der Waals surface area contributed by atoms with Crippen molar-refractivity contribution < 1.29 is 14.3 Å². The second kappa shape index (κ2) is 9.79. The Balaban J connectivity index is 1.55. The minimum absolute atomic E-state index is 0.0307. The highest BCUT2D eigenvalue weighted by molar-refractivity contribution is 5.97. The molecule has 2 aromatic carbocycles. The first kappa shape index (κ1) is 21.9. The van der Waals surface area contributed by atoms with Crippen molar-refractivity contribution >= 4 is 17.5 Å². The van der Waals surface area contributed by atoms with Crippen molar-refractivity contribution in [2.24, 2.45) is 0 Å². The fraction of sp³-hybridized carbons (Fsp3) is 0.440. The van der Waals surface area contributed by atoms with Crippen molar-refractivity contribution in [1.82, 2.24) is 4.90 Å². The second-order valence-corrected chi connectivity index (χ2v) is 8.90. The van der Waals surface area contributed by atoms with E-state index in [4.69, 9.17) is 4.74 Å². The molecule has 0 radical (unpaired) electrons. The summed E-state index contributed by atoms with van der Waals surface area (Å²) in [5.41, 5.74) is 2.50. The average Bonchev–Trinajstić information content (AvgIpc) is 3.01. The molecular weight excluding hydrogens is 376 g/mol. The van der Waals surface area contributed by atoms with Gasteiger partial charge in [-0.1, -0.05) is 51.8 Å². The van der Waals surface area contributed by atoms with Crippen molar-refractivity contribution in [1.29, 1.82) is 0 Å². The summed E-state index contributed by atoms with van der Waals surface area (Å²) >= 11 is 0. The molecule has 2 amide bonds. The van der Waals surface area contributed by atoms with Crippen LogP contribution in [0.5, 0.6) is 5.75 Å². The van der Waals surface area contributed by atoms with Crippen molar-refractivity contribution in [3.8, 4) is 5.75 Å². The number of benzene rings is 2. The Morgan fingerprint density at radius 3 is 2.27 bits per heavy atom. The van der Waals surface area contributed by atoms with E-state index in [1.54, 1.807) is 24.3 Å². The van der Waals surface area contributed by atoms with Gasteiger partial charge in [-0.25, -0.2) is 0 Å². The molecule has 30 heavy (non-hydrogen) atoms. The Labute approximate surface area is 179 Å². The number of anilines is 1. The monoisotopic (exact) mass is 408 g/mol. The molecule has 0 spiro atoms. The van der Waals surface area contributed by atoms with Crippen molar-refractivity contribution in [3.05, 3.63) is 59.7 Å². The van der Waals surface area contributed by atoms with Crippen LogP contribution in [-0.2, 0) is 10.2 Å². The van der Waals surface area contributed by atoms with E-state index in [9.17, 15) is 9.59 Å². The van der Waals surface area contributed by atoms with Gasteiger partial charge in [-0.3, -0.25) is 9.59 Å². The number of carbonyl (C=O) groups is 2. The molecule has 0 saturated carbocycles. The van der Waals surface area contributed by atoms with Gasteiger partial charge in [0.15, 0.2) is 6.61 Å². The molecule has 1 heterocycles. The Bertz CT molecular complexity index is 861. The molecule has 3 rings (SSSR count). The number of likely N-dealkylation sites (tertiary alicyclic amines) is 1. The number of carbonyl (C=O) groups excluding carboxylic acids is 2. The highest BCUT2D eigenvalue weighted by Gasteiger charge is 2.18. The van der Waals surface area contributed by atoms with Gasteiger partial charge in [0.05, 0.1) is 0 Å². The summed E-state index contributed by atoms with van der Waals surface area (Å²) in [4.78, 5) is 27.0. The quantitative estimate of drug-likeness (QED) is 0.756. The number of nitrogens with one attached hydrogen (secondary N) is 1. The fourth-order valence-corrected chi connectivity index (χ4v) is 3.58. The van der Waals surface area contributed by atoms with Crippen LogP contribution in [0.1, 0.15) is 62.4 Å². The second-order valence-electron chi connectivity index (χ2n) is 8.90. The third kappa shape index (κ3) is 6.09. The molecule has 0 unspecified atom stereocenters. The van der Waals surface area contributed by atoms with E-state index in [1.165, 1.54) is 18.4 Å². The SMILES string of the molecule is CC(C)(C)c1ccc(OCC(=O)Nc2cccc(C(=O)N3CCCCCC3)c2)cc1. The zero-order chi connectivity index (χ0) is 21.6. The summed E-state index contributed by atoms with van der Waals surface area (Å²) in [5.74, 6) is 0.431. The van der Waals surface area contributed by atoms with Crippen LogP contribution in [0, 0.1) is 0 Å². The van der Waals surface area contributed by atoms with Crippen LogP contribution in [0.2, 0.25) is 0 Å². The lowest BCUT2D eigenvalue weighted by Crippen LogP contribution is -2.31. The normalized spacial score (nSPS) is 14.7. The molecule has 0 atom stereocenters. The molecule has 160 valence electrons. The predicted molar refractivity (Wildman–Crippen MR) is 120 cm³/mol.